The number of rotatable bonds is 1. The van der Waals surface area contributed by atoms with E-state index in [0.29, 0.717) is 5.25 Å². The minimum Gasteiger partial charge on any atom is -0.394 e. The summed E-state index contributed by atoms with van der Waals surface area (Å²) in [5, 5.41) is 5.03. The lowest BCUT2D eigenvalue weighted by molar-refractivity contribution is 0.695. The van der Waals surface area contributed by atoms with E-state index in [0.717, 1.165) is 30.3 Å². The molecule has 15 heavy (non-hydrogen) atoms. The molecule has 1 atom stereocenters. The van der Waals surface area contributed by atoms with Gasteiger partial charge in [0, 0.05) is 31.1 Å². The first kappa shape index (κ1) is 10.7. The minimum absolute atomic E-state index is 0.674. The average molecular weight is 226 g/mol. The predicted octanol–water partition coefficient (Wildman–Crippen LogP) is 1.25. The summed E-state index contributed by atoms with van der Waals surface area (Å²) >= 11 is 2.02. The molecular formula is C10H18N4S. The number of aromatic nitrogens is 2. The van der Waals surface area contributed by atoms with Gasteiger partial charge in [0.05, 0.1) is 11.4 Å². The molecule has 2 N–H and O–H groups in total. The summed E-state index contributed by atoms with van der Waals surface area (Å²) in [5.41, 5.74) is 7.81. The molecule has 1 aliphatic rings. The van der Waals surface area contributed by atoms with Crippen LogP contribution >= 0.6 is 11.8 Å². The van der Waals surface area contributed by atoms with Crippen molar-refractivity contribution in [3.8, 4) is 0 Å². The minimum atomic E-state index is 0.674. The van der Waals surface area contributed by atoms with Crippen LogP contribution in [-0.4, -0.2) is 33.9 Å². The molecule has 2 heterocycles. The van der Waals surface area contributed by atoms with Crippen LogP contribution in [0.4, 0.5) is 11.5 Å². The van der Waals surface area contributed by atoms with E-state index < -0.39 is 0 Å². The molecule has 1 fully saturated rings. The summed E-state index contributed by atoms with van der Waals surface area (Å²) in [6, 6.07) is 0. The van der Waals surface area contributed by atoms with Crippen molar-refractivity contribution in [2.45, 2.75) is 19.1 Å². The standard InChI is InChI=1S/C10H18N4S/c1-7-6-14(4-5-15-7)10-9(11)8(2)12-13(10)3/h7H,4-6,11H2,1-3H3. The SMILES string of the molecule is Cc1nn(C)c(N2CCSC(C)C2)c1N. The van der Waals surface area contributed by atoms with E-state index in [1.54, 1.807) is 0 Å². The Morgan fingerprint density at radius 3 is 2.80 bits per heavy atom. The van der Waals surface area contributed by atoms with Crippen LogP contribution in [-0.2, 0) is 7.05 Å². The monoisotopic (exact) mass is 226 g/mol. The summed E-state index contributed by atoms with van der Waals surface area (Å²) < 4.78 is 1.90. The molecule has 0 aromatic carbocycles. The van der Waals surface area contributed by atoms with Gasteiger partial charge in [0.25, 0.3) is 0 Å². The maximum absolute atomic E-state index is 6.05. The van der Waals surface area contributed by atoms with Gasteiger partial charge in [-0.15, -0.1) is 0 Å². The van der Waals surface area contributed by atoms with E-state index in [9.17, 15) is 0 Å². The summed E-state index contributed by atoms with van der Waals surface area (Å²) in [6.45, 7) is 6.35. The van der Waals surface area contributed by atoms with Crippen LogP contribution in [0.5, 0.6) is 0 Å². The van der Waals surface area contributed by atoms with Gasteiger partial charge in [0.2, 0.25) is 0 Å². The number of anilines is 2. The molecule has 1 aromatic heterocycles. The maximum atomic E-state index is 6.05. The van der Waals surface area contributed by atoms with Crippen LogP contribution in [0.25, 0.3) is 0 Å². The first-order valence-corrected chi connectivity index (χ1v) is 6.30. The van der Waals surface area contributed by atoms with Gasteiger partial charge < -0.3 is 10.6 Å². The van der Waals surface area contributed by atoms with Crippen LogP contribution in [0.1, 0.15) is 12.6 Å². The van der Waals surface area contributed by atoms with E-state index in [-0.39, 0.29) is 0 Å². The first-order valence-electron chi connectivity index (χ1n) is 5.25. The Labute approximate surface area is 94.8 Å². The lowest BCUT2D eigenvalue weighted by Crippen LogP contribution is -2.38. The van der Waals surface area contributed by atoms with Crippen LogP contribution in [0.2, 0.25) is 0 Å². The smallest absolute Gasteiger partial charge is 0.150 e. The zero-order valence-corrected chi connectivity index (χ0v) is 10.3. The third-order valence-electron chi connectivity index (χ3n) is 2.78. The number of hydrogen-bond acceptors (Lipinski definition) is 4. The summed E-state index contributed by atoms with van der Waals surface area (Å²) in [5.74, 6) is 2.25. The summed E-state index contributed by atoms with van der Waals surface area (Å²) in [6.07, 6.45) is 0. The molecule has 4 nitrogen and oxygen atoms in total. The van der Waals surface area contributed by atoms with Gasteiger partial charge in [-0.2, -0.15) is 16.9 Å². The lowest BCUT2D eigenvalue weighted by atomic mass is 10.3. The third-order valence-corrected chi connectivity index (χ3v) is 3.91. The number of hydrogen-bond donors (Lipinski definition) is 1. The van der Waals surface area contributed by atoms with Crippen LogP contribution in [0.15, 0.2) is 0 Å². The Bertz CT molecular complexity index is 361. The van der Waals surface area contributed by atoms with Gasteiger partial charge in [-0.1, -0.05) is 6.92 Å². The number of aryl methyl sites for hydroxylation is 2. The average Bonchev–Trinajstić information content (AvgIpc) is 2.41. The molecule has 2 rings (SSSR count). The van der Waals surface area contributed by atoms with Crippen molar-refractivity contribution in [3.05, 3.63) is 5.69 Å². The van der Waals surface area contributed by atoms with E-state index in [2.05, 4.69) is 16.9 Å². The predicted molar refractivity (Wildman–Crippen MR) is 66.5 cm³/mol. The summed E-state index contributed by atoms with van der Waals surface area (Å²) in [4.78, 5) is 2.34. The van der Waals surface area contributed by atoms with Gasteiger partial charge in [0.15, 0.2) is 0 Å². The molecule has 0 saturated carbocycles. The van der Waals surface area contributed by atoms with Gasteiger partial charge in [0.1, 0.15) is 5.82 Å². The van der Waals surface area contributed by atoms with Gasteiger partial charge >= 0.3 is 0 Å². The Balaban J connectivity index is 2.28. The van der Waals surface area contributed by atoms with Crippen LogP contribution in [0, 0.1) is 6.92 Å². The second-order valence-corrected chi connectivity index (χ2v) is 5.62. The van der Waals surface area contributed by atoms with Crippen molar-refractivity contribution >= 4 is 23.3 Å². The van der Waals surface area contributed by atoms with E-state index in [4.69, 9.17) is 5.73 Å². The second kappa shape index (κ2) is 3.96. The van der Waals surface area contributed by atoms with E-state index in [1.807, 2.05) is 30.4 Å². The molecule has 1 aromatic rings. The number of nitrogens with two attached hydrogens (primary N) is 1. The van der Waals surface area contributed by atoms with Crippen molar-refractivity contribution in [1.82, 2.24) is 9.78 Å². The molecule has 1 unspecified atom stereocenters. The van der Waals surface area contributed by atoms with Gasteiger partial charge in [-0.3, -0.25) is 4.68 Å². The fourth-order valence-electron chi connectivity index (χ4n) is 2.05. The highest BCUT2D eigenvalue weighted by Crippen LogP contribution is 2.29. The molecule has 0 aliphatic carbocycles. The topological polar surface area (TPSA) is 47.1 Å². The maximum Gasteiger partial charge on any atom is 0.150 e. The fraction of sp³-hybridized carbons (Fsp3) is 0.700. The van der Waals surface area contributed by atoms with Crippen LogP contribution < -0.4 is 10.6 Å². The van der Waals surface area contributed by atoms with Crippen LogP contribution in [0.3, 0.4) is 0 Å². The van der Waals surface area contributed by atoms with Gasteiger partial charge in [-0.25, -0.2) is 0 Å². The molecule has 84 valence electrons. The molecule has 0 radical (unpaired) electrons. The molecule has 0 spiro atoms. The van der Waals surface area contributed by atoms with Crippen molar-refractivity contribution in [3.63, 3.8) is 0 Å². The number of nitrogens with zero attached hydrogens (tertiary/aromatic N) is 3. The quantitative estimate of drug-likeness (QED) is 0.783. The Hall–Kier alpha value is -0.840. The zero-order valence-electron chi connectivity index (χ0n) is 9.53. The van der Waals surface area contributed by atoms with Crippen molar-refractivity contribution in [1.29, 1.82) is 0 Å². The normalized spacial score (nSPS) is 22.1. The molecule has 0 bridgehead atoms. The zero-order chi connectivity index (χ0) is 11.0. The number of nitrogen functional groups attached to an aromatic ring is 1. The Kier molecular flexibility index (Phi) is 2.82. The third kappa shape index (κ3) is 1.93. The molecule has 0 amide bonds. The van der Waals surface area contributed by atoms with Gasteiger partial charge in [-0.05, 0) is 6.92 Å². The van der Waals surface area contributed by atoms with E-state index >= 15 is 0 Å². The molecule has 5 heteroatoms. The fourth-order valence-corrected chi connectivity index (χ4v) is 3.06. The number of thioether (sulfide) groups is 1. The highest BCUT2D eigenvalue weighted by Gasteiger charge is 2.22. The molecule has 1 saturated heterocycles. The van der Waals surface area contributed by atoms with Crippen molar-refractivity contribution in [2.75, 3.05) is 29.5 Å². The van der Waals surface area contributed by atoms with Crippen molar-refractivity contribution < 1.29 is 0 Å². The summed E-state index contributed by atoms with van der Waals surface area (Å²) in [7, 11) is 1.96. The molecule has 1 aliphatic heterocycles. The van der Waals surface area contributed by atoms with Crippen molar-refractivity contribution in [2.24, 2.45) is 7.05 Å². The highest BCUT2D eigenvalue weighted by molar-refractivity contribution is 8.00. The van der Waals surface area contributed by atoms with E-state index in [1.165, 1.54) is 5.75 Å². The molecular weight excluding hydrogens is 208 g/mol. The first-order chi connectivity index (χ1) is 7.09. The Morgan fingerprint density at radius 2 is 2.27 bits per heavy atom. The second-order valence-electron chi connectivity index (χ2n) is 4.07. The largest absolute Gasteiger partial charge is 0.394 e. The lowest BCUT2D eigenvalue weighted by Gasteiger charge is -2.32. The Morgan fingerprint density at radius 1 is 1.53 bits per heavy atom. The highest BCUT2D eigenvalue weighted by atomic mass is 32.2.